The van der Waals surface area contributed by atoms with Crippen molar-refractivity contribution in [1.82, 2.24) is 20.5 Å². The number of aliphatic hydroxyl groups is 1. The van der Waals surface area contributed by atoms with Gasteiger partial charge in [-0.05, 0) is 114 Å². The molecule has 62 heavy (non-hydrogen) atoms. The first-order valence-electron chi connectivity index (χ1n) is 21.3. The van der Waals surface area contributed by atoms with E-state index in [1.165, 1.54) is 12.1 Å². The Balaban J connectivity index is 0.762. The number of hydrogen-bond acceptors (Lipinski definition) is 10. The molecule has 0 radical (unpaired) electrons. The minimum absolute atomic E-state index is 0.0451. The zero-order chi connectivity index (χ0) is 42.8. The summed E-state index contributed by atoms with van der Waals surface area (Å²) < 4.78 is 17.7. The summed E-state index contributed by atoms with van der Waals surface area (Å²) in [5, 5.41) is 27.9. The van der Waals surface area contributed by atoms with Crippen LogP contribution in [0.1, 0.15) is 75.1 Å². The van der Waals surface area contributed by atoms with Crippen molar-refractivity contribution in [1.29, 1.82) is 0 Å². The van der Waals surface area contributed by atoms with Gasteiger partial charge in [0.1, 0.15) is 24.2 Å². The molecule has 6 aromatic rings. The van der Waals surface area contributed by atoms with E-state index >= 15 is 0 Å². The highest BCUT2D eigenvalue weighted by Crippen LogP contribution is 2.31. The summed E-state index contributed by atoms with van der Waals surface area (Å²) in [5.74, 6) is 0.649. The zero-order valence-corrected chi connectivity index (χ0v) is 34.5. The third-order valence-corrected chi connectivity index (χ3v) is 11.8. The lowest BCUT2D eigenvalue weighted by atomic mass is 9.86. The molecule has 320 valence electrons. The largest absolute Gasteiger partial charge is 0.506 e. The number of pyridine rings is 1. The molecular formula is C50H52N4O8. The second-order valence-electron chi connectivity index (χ2n) is 16.1. The first-order valence-corrected chi connectivity index (χ1v) is 21.3. The maximum absolute atomic E-state index is 13.2. The average Bonchev–Trinajstić information content (AvgIpc) is 3.30. The number of amides is 1. The van der Waals surface area contributed by atoms with Gasteiger partial charge < -0.3 is 40.0 Å². The fraction of sp³-hybridized carbons (Fsp3) is 0.300. The van der Waals surface area contributed by atoms with Crippen LogP contribution in [0.3, 0.4) is 0 Å². The number of aromatic amines is 1. The monoisotopic (exact) mass is 836 g/mol. The molecule has 9 rings (SSSR count). The minimum Gasteiger partial charge on any atom is -0.506 e. The Morgan fingerprint density at radius 1 is 0.823 bits per heavy atom. The molecule has 3 saturated heterocycles. The van der Waals surface area contributed by atoms with Gasteiger partial charge in [-0.3, -0.25) is 9.69 Å². The maximum Gasteiger partial charge on any atom is 0.408 e. The lowest BCUT2D eigenvalue weighted by Crippen LogP contribution is -2.52. The normalized spacial score (nSPS) is 17.9. The Hall–Kier alpha value is -6.47. The Morgan fingerprint density at radius 2 is 1.56 bits per heavy atom. The number of esters is 1. The van der Waals surface area contributed by atoms with E-state index in [2.05, 4.69) is 20.5 Å². The molecule has 0 unspecified atom stereocenters. The molecular weight excluding hydrogens is 785 g/mol. The van der Waals surface area contributed by atoms with Gasteiger partial charge in [-0.25, -0.2) is 9.59 Å². The predicted molar refractivity (Wildman–Crippen MR) is 236 cm³/mol. The molecule has 0 saturated carbocycles. The topological polar surface area (TPSA) is 162 Å². The number of ether oxygens (including phenoxy) is 3. The molecule has 12 nitrogen and oxygen atoms in total. The summed E-state index contributed by atoms with van der Waals surface area (Å²) >= 11 is 0. The van der Waals surface area contributed by atoms with Gasteiger partial charge in [0, 0.05) is 31.1 Å². The fourth-order valence-corrected chi connectivity index (χ4v) is 8.39. The van der Waals surface area contributed by atoms with Crippen molar-refractivity contribution in [2.24, 2.45) is 5.92 Å². The minimum atomic E-state index is -0.838. The van der Waals surface area contributed by atoms with Crippen molar-refractivity contribution in [2.75, 3.05) is 32.8 Å². The molecule has 0 spiro atoms. The standard InChI is InChI=1S/C50H52N4O8/c55-43-21-19-41(42-20-22-46(57)52-48(42)43)44(56)30-51-29-34-13-11-33(12-14-34)6-5-27-60-49(58)38-17-15-35(16-18-38)32-61-40-10-4-9-39(28-40)47(37-7-2-1-3-8-37)53-50(59)62-45-31-54-25-23-36(45)24-26-54/h1-4,7-22,28,36,44-45,47,51,55-56H,5-6,23-27,29-32H2,(H,52,57)(H,53,59)/t44-,45-,47-/m0/s1. The number of nitrogens with one attached hydrogen (secondary N) is 3. The number of rotatable bonds is 17. The van der Waals surface area contributed by atoms with Gasteiger partial charge in [0.2, 0.25) is 5.56 Å². The van der Waals surface area contributed by atoms with Crippen LogP contribution >= 0.6 is 0 Å². The molecule has 5 N–H and O–H groups in total. The fourth-order valence-electron chi connectivity index (χ4n) is 8.39. The Morgan fingerprint density at radius 3 is 2.32 bits per heavy atom. The van der Waals surface area contributed by atoms with Gasteiger partial charge >= 0.3 is 12.1 Å². The van der Waals surface area contributed by atoms with E-state index in [4.69, 9.17) is 14.2 Å². The number of alkyl carbamates (subject to hydrolysis) is 1. The highest BCUT2D eigenvalue weighted by Gasteiger charge is 2.37. The molecule has 12 heteroatoms. The Kier molecular flexibility index (Phi) is 13.6. The summed E-state index contributed by atoms with van der Waals surface area (Å²) in [5.41, 5.74) is 5.94. The summed E-state index contributed by atoms with van der Waals surface area (Å²) in [6.45, 7) is 4.37. The van der Waals surface area contributed by atoms with E-state index in [1.807, 2.05) is 91.0 Å². The lowest BCUT2D eigenvalue weighted by Gasteiger charge is -2.43. The molecule has 5 aromatic carbocycles. The first-order chi connectivity index (χ1) is 30.3. The number of carbonyl (C=O) groups excluding carboxylic acids is 2. The van der Waals surface area contributed by atoms with E-state index in [0.29, 0.717) is 53.3 Å². The molecule has 1 aromatic heterocycles. The number of carbonyl (C=O) groups is 2. The Bertz CT molecular complexity index is 2500. The number of nitrogens with zero attached hydrogens (tertiary/aromatic N) is 1. The second-order valence-corrected chi connectivity index (χ2v) is 16.1. The van der Waals surface area contributed by atoms with Crippen LogP contribution < -0.4 is 20.9 Å². The second kappa shape index (κ2) is 19.9. The van der Waals surface area contributed by atoms with E-state index in [-0.39, 0.29) is 36.5 Å². The number of hydrogen-bond donors (Lipinski definition) is 5. The van der Waals surface area contributed by atoms with Gasteiger partial charge in [0.15, 0.2) is 0 Å². The van der Waals surface area contributed by atoms with Crippen molar-refractivity contribution in [3.63, 3.8) is 0 Å². The number of H-pyrrole nitrogens is 1. The van der Waals surface area contributed by atoms with Crippen LogP contribution in [0, 0.1) is 5.92 Å². The van der Waals surface area contributed by atoms with Crippen molar-refractivity contribution >= 4 is 23.0 Å². The summed E-state index contributed by atoms with van der Waals surface area (Å²) in [6, 6.07) is 38.6. The molecule has 1 amide bonds. The van der Waals surface area contributed by atoms with Crippen LogP contribution in [0.4, 0.5) is 4.79 Å². The van der Waals surface area contributed by atoms with E-state index in [1.54, 1.807) is 24.3 Å². The van der Waals surface area contributed by atoms with Gasteiger partial charge in [-0.1, -0.05) is 84.9 Å². The van der Waals surface area contributed by atoms with Crippen LogP contribution in [-0.2, 0) is 29.0 Å². The predicted octanol–water partition coefficient (Wildman–Crippen LogP) is 7.34. The summed E-state index contributed by atoms with van der Waals surface area (Å²) in [6.07, 6.45) is 2.21. The van der Waals surface area contributed by atoms with Crippen molar-refractivity contribution < 1.29 is 34.0 Å². The van der Waals surface area contributed by atoms with Crippen molar-refractivity contribution in [3.05, 3.63) is 177 Å². The van der Waals surface area contributed by atoms with Gasteiger partial charge in [0.05, 0.1) is 29.8 Å². The third-order valence-electron chi connectivity index (χ3n) is 11.8. The van der Waals surface area contributed by atoms with E-state index < -0.39 is 18.2 Å². The highest BCUT2D eigenvalue weighted by atomic mass is 16.6. The number of aromatic nitrogens is 1. The molecule has 3 aliphatic heterocycles. The van der Waals surface area contributed by atoms with Crippen molar-refractivity contribution in [3.8, 4) is 11.5 Å². The van der Waals surface area contributed by atoms with Crippen LogP contribution in [0.2, 0.25) is 0 Å². The van der Waals surface area contributed by atoms with Crippen molar-refractivity contribution in [2.45, 2.75) is 57.1 Å². The van der Waals surface area contributed by atoms with Crippen LogP contribution in [-0.4, -0.2) is 71.0 Å². The zero-order valence-electron chi connectivity index (χ0n) is 34.5. The van der Waals surface area contributed by atoms with E-state index in [9.17, 15) is 24.6 Å². The molecule has 3 fully saturated rings. The number of aryl methyl sites for hydroxylation is 1. The molecule has 0 aliphatic carbocycles. The van der Waals surface area contributed by atoms with Gasteiger partial charge in [0.25, 0.3) is 0 Å². The first kappa shape index (κ1) is 42.2. The highest BCUT2D eigenvalue weighted by molar-refractivity contribution is 5.89. The van der Waals surface area contributed by atoms with Gasteiger partial charge in [-0.15, -0.1) is 0 Å². The molecule has 3 atom stereocenters. The molecule has 2 bridgehead atoms. The number of piperidine rings is 3. The quantitative estimate of drug-likeness (QED) is 0.0465. The molecule has 4 heterocycles. The van der Waals surface area contributed by atoms with E-state index in [0.717, 1.165) is 66.7 Å². The smallest absolute Gasteiger partial charge is 0.408 e. The van der Waals surface area contributed by atoms with Crippen LogP contribution in [0.15, 0.2) is 132 Å². The SMILES string of the molecule is O=C(N[C@@H](c1ccccc1)c1cccc(OCc2ccc(C(=O)OCCCc3ccc(CNC[C@H](O)c4ccc(O)c5[nH]c(=O)ccc45)cc3)cc2)c1)O[C@H]1CN2CCC1CC2. The number of fused-ring (bicyclic) bond motifs is 4. The lowest BCUT2D eigenvalue weighted by molar-refractivity contribution is -0.0336. The summed E-state index contributed by atoms with van der Waals surface area (Å²) in [4.78, 5) is 42.7. The van der Waals surface area contributed by atoms with Crippen LogP contribution in [0.5, 0.6) is 11.5 Å². The maximum atomic E-state index is 13.2. The number of phenols is 1. The van der Waals surface area contributed by atoms with Crippen LogP contribution in [0.25, 0.3) is 10.9 Å². The number of phenolic OH excluding ortho intramolecular Hbond substituents is 1. The van der Waals surface area contributed by atoms with Gasteiger partial charge in [-0.2, -0.15) is 0 Å². The number of aliphatic hydroxyl groups excluding tert-OH is 1. The Labute approximate surface area is 360 Å². The number of aromatic hydroxyl groups is 1. The summed E-state index contributed by atoms with van der Waals surface area (Å²) in [7, 11) is 0. The molecule has 3 aliphatic rings. The average molecular weight is 837 g/mol. The third kappa shape index (κ3) is 10.7. The number of benzene rings is 5.